The fourth-order valence-electron chi connectivity index (χ4n) is 3.87. The highest BCUT2D eigenvalue weighted by molar-refractivity contribution is 6.30. The number of hydrazine groups is 1. The molecule has 152 valence electrons. The lowest BCUT2D eigenvalue weighted by Gasteiger charge is -2.29. The summed E-state index contributed by atoms with van der Waals surface area (Å²) in [7, 11) is 0. The minimum Gasteiger partial charge on any atom is -0.384 e. The molecule has 0 saturated carbocycles. The first-order chi connectivity index (χ1) is 15.2. The van der Waals surface area contributed by atoms with Gasteiger partial charge in [-0.15, -0.1) is 0 Å². The molecule has 1 aromatic heterocycles. The van der Waals surface area contributed by atoms with Gasteiger partial charge in [0.25, 0.3) is 0 Å². The van der Waals surface area contributed by atoms with Crippen molar-refractivity contribution >= 4 is 23.1 Å². The van der Waals surface area contributed by atoms with Gasteiger partial charge in [0.05, 0.1) is 11.7 Å². The second-order valence-corrected chi connectivity index (χ2v) is 7.86. The molecule has 31 heavy (non-hydrogen) atoms. The maximum absolute atomic E-state index is 6.08. The molecule has 4 aromatic rings. The smallest absolute Gasteiger partial charge is 0.123 e. The standard InChI is InChI=1S/C26H21ClN4/c27-22-12-9-20(10-13-22)24-15-16-30-31(24)25-4-2-1-3-23(25)19-7-5-18(6-8-19)21-11-14-26(28)29-17-21/h1-17,24,30H,(H2,28,29). The minimum absolute atomic E-state index is 0.0820. The van der Waals surface area contributed by atoms with E-state index in [1.54, 1.807) is 6.20 Å². The first-order valence-corrected chi connectivity index (χ1v) is 10.5. The summed E-state index contributed by atoms with van der Waals surface area (Å²) in [6.07, 6.45) is 5.93. The molecule has 1 atom stereocenters. The molecule has 0 bridgehead atoms. The van der Waals surface area contributed by atoms with Gasteiger partial charge in [0.15, 0.2) is 0 Å². The number of nitrogen functional groups attached to an aromatic ring is 1. The van der Waals surface area contributed by atoms with Gasteiger partial charge in [-0.1, -0.05) is 66.2 Å². The molecular weight excluding hydrogens is 404 g/mol. The van der Waals surface area contributed by atoms with Crippen LogP contribution in [0.1, 0.15) is 11.6 Å². The fourth-order valence-corrected chi connectivity index (χ4v) is 3.99. The SMILES string of the molecule is Nc1ccc(-c2ccc(-c3ccccc3N3NC=CC3c3ccc(Cl)cc3)cc2)cn1. The van der Waals surface area contributed by atoms with Crippen LogP contribution in [0.25, 0.3) is 22.3 Å². The number of hydrogen-bond donors (Lipinski definition) is 2. The van der Waals surface area contributed by atoms with Crippen LogP contribution in [0.3, 0.4) is 0 Å². The van der Waals surface area contributed by atoms with E-state index in [9.17, 15) is 0 Å². The van der Waals surface area contributed by atoms with Gasteiger partial charge >= 0.3 is 0 Å². The van der Waals surface area contributed by atoms with E-state index in [1.807, 2.05) is 30.5 Å². The number of rotatable bonds is 4. The summed E-state index contributed by atoms with van der Waals surface area (Å²) in [5.41, 5.74) is 15.8. The number of nitrogens with zero attached hydrogens (tertiary/aromatic N) is 2. The largest absolute Gasteiger partial charge is 0.384 e. The van der Waals surface area contributed by atoms with E-state index in [-0.39, 0.29) is 6.04 Å². The number of hydrogen-bond acceptors (Lipinski definition) is 4. The number of aromatic nitrogens is 1. The van der Waals surface area contributed by atoms with Gasteiger partial charge in [0, 0.05) is 28.5 Å². The van der Waals surface area contributed by atoms with Gasteiger partial charge in [0.2, 0.25) is 0 Å². The lowest BCUT2D eigenvalue weighted by molar-refractivity contribution is 0.719. The van der Waals surface area contributed by atoms with Crippen molar-refractivity contribution in [3.63, 3.8) is 0 Å². The zero-order valence-electron chi connectivity index (χ0n) is 16.7. The Labute approximate surface area is 186 Å². The van der Waals surface area contributed by atoms with Gasteiger partial charge < -0.3 is 11.2 Å². The van der Waals surface area contributed by atoms with Crippen LogP contribution in [-0.2, 0) is 0 Å². The lowest BCUT2D eigenvalue weighted by Crippen LogP contribution is -2.32. The van der Waals surface area contributed by atoms with E-state index in [0.717, 1.165) is 33.0 Å². The molecule has 0 aliphatic carbocycles. The van der Waals surface area contributed by atoms with Crippen LogP contribution in [0.2, 0.25) is 5.02 Å². The Morgan fingerprint density at radius 3 is 2.26 bits per heavy atom. The maximum Gasteiger partial charge on any atom is 0.123 e. The van der Waals surface area contributed by atoms with Crippen LogP contribution < -0.4 is 16.2 Å². The van der Waals surface area contributed by atoms with Crippen molar-refractivity contribution in [2.75, 3.05) is 10.7 Å². The zero-order valence-corrected chi connectivity index (χ0v) is 17.5. The summed E-state index contributed by atoms with van der Waals surface area (Å²) in [6.45, 7) is 0. The molecule has 1 unspecified atom stereocenters. The Kier molecular flexibility index (Phi) is 5.06. The molecule has 1 aliphatic heterocycles. The van der Waals surface area contributed by atoms with E-state index >= 15 is 0 Å². The zero-order chi connectivity index (χ0) is 21.2. The average molecular weight is 425 g/mol. The number of nitrogens with two attached hydrogens (primary N) is 1. The van der Waals surface area contributed by atoms with Gasteiger partial charge in [-0.2, -0.15) is 0 Å². The van der Waals surface area contributed by atoms with E-state index in [4.69, 9.17) is 17.3 Å². The molecule has 0 fully saturated rings. The third-order valence-electron chi connectivity index (χ3n) is 5.46. The van der Waals surface area contributed by atoms with Gasteiger partial charge in [-0.05, 0) is 53.1 Å². The Bertz CT molecular complexity index is 1220. The first kappa shape index (κ1) is 19.2. The molecule has 2 heterocycles. The van der Waals surface area contributed by atoms with Crippen LogP contribution >= 0.6 is 11.6 Å². The quantitative estimate of drug-likeness (QED) is 0.407. The predicted octanol–water partition coefficient (Wildman–Crippen LogP) is 6.23. The Hall–Kier alpha value is -3.76. The lowest BCUT2D eigenvalue weighted by atomic mass is 9.98. The molecule has 3 aromatic carbocycles. The van der Waals surface area contributed by atoms with Crippen LogP contribution in [0, 0.1) is 0 Å². The van der Waals surface area contributed by atoms with Crippen molar-refractivity contribution in [2.24, 2.45) is 0 Å². The molecule has 0 saturated heterocycles. The van der Waals surface area contributed by atoms with Gasteiger partial charge in [-0.3, -0.25) is 5.01 Å². The van der Waals surface area contributed by atoms with E-state index < -0.39 is 0 Å². The summed E-state index contributed by atoms with van der Waals surface area (Å²) in [6, 6.07) is 28.8. The van der Waals surface area contributed by atoms with E-state index in [2.05, 4.69) is 82.2 Å². The second-order valence-electron chi connectivity index (χ2n) is 7.42. The molecule has 3 N–H and O–H groups in total. The van der Waals surface area contributed by atoms with E-state index in [0.29, 0.717) is 5.82 Å². The third kappa shape index (κ3) is 3.86. The van der Waals surface area contributed by atoms with Crippen molar-refractivity contribution in [3.8, 4) is 22.3 Å². The molecule has 4 nitrogen and oxygen atoms in total. The molecule has 0 spiro atoms. The van der Waals surface area contributed by atoms with Crippen molar-refractivity contribution < 1.29 is 0 Å². The van der Waals surface area contributed by atoms with E-state index in [1.165, 1.54) is 5.56 Å². The van der Waals surface area contributed by atoms with Crippen molar-refractivity contribution in [2.45, 2.75) is 6.04 Å². The highest BCUT2D eigenvalue weighted by atomic mass is 35.5. The first-order valence-electron chi connectivity index (χ1n) is 10.1. The minimum atomic E-state index is 0.0820. The Morgan fingerprint density at radius 2 is 1.52 bits per heavy atom. The number of para-hydroxylation sites is 1. The predicted molar refractivity (Wildman–Crippen MR) is 128 cm³/mol. The van der Waals surface area contributed by atoms with Crippen LogP contribution in [0.4, 0.5) is 11.5 Å². The van der Waals surface area contributed by atoms with Crippen molar-refractivity contribution in [1.82, 2.24) is 10.4 Å². The van der Waals surface area contributed by atoms with Crippen molar-refractivity contribution in [3.05, 3.63) is 114 Å². The summed E-state index contributed by atoms with van der Waals surface area (Å²) in [4.78, 5) is 4.19. The molecule has 5 rings (SSSR count). The molecule has 5 heteroatoms. The molecule has 1 aliphatic rings. The van der Waals surface area contributed by atoms with Gasteiger partial charge in [0.1, 0.15) is 5.82 Å². The molecule has 0 amide bonds. The monoisotopic (exact) mass is 424 g/mol. The summed E-state index contributed by atoms with van der Waals surface area (Å²) >= 11 is 6.08. The summed E-state index contributed by atoms with van der Waals surface area (Å²) in [5, 5.41) is 2.91. The normalized spacial score (nSPS) is 15.1. The molecule has 0 radical (unpaired) electrons. The summed E-state index contributed by atoms with van der Waals surface area (Å²) < 4.78 is 0. The highest BCUT2D eigenvalue weighted by Crippen LogP contribution is 2.37. The van der Waals surface area contributed by atoms with Crippen LogP contribution in [0.15, 0.2) is 103 Å². The average Bonchev–Trinajstić information content (AvgIpc) is 3.30. The summed E-state index contributed by atoms with van der Waals surface area (Å²) in [5.74, 6) is 0.524. The topological polar surface area (TPSA) is 54.2 Å². The number of anilines is 2. The Morgan fingerprint density at radius 1 is 0.806 bits per heavy atom. The number of pyridine rings is 1. The number of benzene rings is 3. The maximum atomic E-state index is 6.08. The number of nitrogens with one attached hydrogen (secondary N) is 1. The highest BCUT2D eigenvalue weighted by Gasteiger charge is 2.24. The van der Waals surface area contributed by atoms with Gasteiger partial charge in [-0.25, -0.2) is 4.98 Å². The second kappa shape index (κ2) is 8.17. The molecular formula is C26H21ClN4. The third-order valence-corrected chi connectivity index (χ3v) is 5.71. The van der Waals surface area contributed by atoms with Crippen LogP contribution in [-0.4, -0.2) is 4.98 Å². The Balaban J connectivity index is 1.48. The van der Waals surface area contributed by atoms with Crippen molar-refractivity contribution in [1.29, 1.82) is 0 Å². The van der Waals surface area contributed by atoms with Crippen LogP contribution in [0.5, 0.6) is 0 Å². The number of halogens is 1. The fraction of sp³-hybridized carbons (Fsp3) is 0.0385.